The van der Waals surface area contributed by atoms with Gasteiger partial charge >= 0.3 is 6.18 Å². The van der Waals surface area contributed by atoms with Gasteiger partial charge in [0, 0.05) is 14.1 Å². The molecule has 0 heterocycles. The van der Waals surface area contributed by atoms with E-state index in [4.69, 9.17) is 0 Å². The molecule has 0 aromatic heterocycles. The molecule has 0 spiro atoms. The average Bonchev–Trinajstić information content (AvgIpc) is 2.35. The highest BCUT2D eigenvalue weighted by Crippen LogP contribution is 2.40. The Morgan fingerprint density at radius 1 is 1.35 bits per heavy atom. The summed E-state index contributed by atoms with van der Waals surface area (Å²) >= 11 is 0. The van der Waals surface area contributed by atoms with Gasteiger partial charge in [-0.15, -0.1) is 0 Å². The fourth-order valence-electron chi connectivity index (χ4n) is 1.90. The molecular weight excluding hydrogens is 271 g/mol. The van der Waals surface area contributed by atoms with Gasteiger partial charge in [-0.05, 0) is 24.0 Å². The van der Waals surface area contributed by atoms with E-state index >= 15 is 0 Å². The predicted molar refractivity (Wildman–Crippen MR) is 69.8 cm³/mol. The quantitative estimate of drug-likeness (QED) is 0.923. The number of benzene rings is 1. The van der Waals surface area contributed by atoms with Gasteiger partial charge in [0.1, 0.15) is 5.75 Å². The van der Waals surface area contributed by atoms with Gasteiger partial charge in [-0.3, -0.25) is 4.79 Å². The lowest BCUT2D eigenvalue weighted by Crippen LogP contribution is -2.25. The lowest BCUT2D eigenvalue weighted by atomic mass is 9.92. The highest BCUT2D eigenvalue weighted by atomic mass is 19.4. The molecule has 0 saturated heterocycles. The first-order valence-corrected chi connectivity index (χ1v) is 6.25. The van der Waals surface area contributed by atoms with Crippen molar-refractivity contribution in [3.8, 4) is 5.75 Å². The van der Waals surface area contributed by atoms with Crippen LogP contribution in [0.3, 0.4) is 0 Å². The lowest BCUT2D eigenvalue weighted by molar-refractivity contribution is -0.138. The second kappa shape index (κ2) is 5.73. The van der Waals surface area contributed by atoms with Crippen LogP contribution >= 0.6 is 0 Å². The minimum absolute atomic E-state index is 0.133. The van der Waals surface area contributed by atoms with Crippen LogP contribution in [0.2, 0.25) is 0 Å². The van der Waals surface area contributed by atoms with E-state index in [-0.39, 0.29) is 5.92 Å². The van der Waals surface area contributed by atoms with Crippen molar-refractivity contribution in [3.63, 3.8) is 0 Å². The summed E-state index contributed by atoms with van der Waals surface area (Å²) in [5.41, 5.74) is -1.44. The summed E-state index contributed by atoms with van der Waals surface area (Å²) in [6, 6.07) is 2.09. The zero-order valence-electron chi connectivity index (χ0n) is 11.9. The minimum atomic E-state index is -4.69. The van der Waals surface area contributed by atoms with Gasteiger partial charge in [0.05, 0.1) is 11.1 Å². The van der Waals surface area contributed by atoms with Crippen LogP contribution in [0.25, 0.3) is 0 Å². The van der Waals surface area contributed by atoms with E-state index in [2.05, 4.69) is 0 Å². The Bertz CT molecular complexity index is 510. The van der Waals surface area contributed by atoms with Crippen LogP contribution in [0.4, 0.5) is 13.2 Å². The maximum atomic E-state index is 13.0. The van der Waals surface area contributed by atoms with Gasteiger partial charge in [-0.25, -0.2) is 0 Å². The van der Waals surface area contributed by atoms with Crippen LogP contribution in [0.15, 0.2) is 12.1 Å². The molecular formula is C14H18F3NO2. The van der Waals surface area contributed by atoms with E-state index < -0.39 is 29.0 Å². The molecule has 3 nitrogen and oxygen atoms in total. The third-order valence-corrected chi connectivity index (χ3v) is 3.28. The number of halogens is 3. The molecule has 0 bridgehead atoms. The minimum Gasteiger partial charge on any atom is -0.507 e. The number of carbonyl (C=O) groups excluding carboxylic acids is 1. The second-order valence-electron chi connectivity index (χ2n) is 4.93. The normalized spacial score (nSPS) is 13.2. The summed E-state index contributed by atoms with van der Waals surface area (Å²) in [6.07, 6.45) is -4.04. The first-order chi connectivity index (χ1) is 9.11. The van der Waals surface area contributed by atoms with E-state index in [9.17, 15) is 23.1 Å². The monoisotopic (exact) mass is 289 g/mol. The number of aromatic hydroxyl groups is 1. The smallest absolute Gasteiger partial charge is 0.417 e. The van der Waals surface area contributed by atoms with E-state index in [1.54, 1.807) is 6.92 Å². The van der Waals surface area contributed by atoms with Crippen LogP contribution in [0.1, 0.15) is 47.7 Å². The largest absolute Gasteiger partial charge is 0.507 e. The number of carbonyl (C=O) groups is 1. The molecule has 1 unspecified atom stereocenters. The molecule has 6 heteroatoms. The fourth-order valence-corrected chi connectivity index (χ4v) is 1.90. The second-order valence-corrected chi connectivity index (χ2v) is 4.93. The fraction of sp³-hybridized carbons (Fsp3) is 0.500. The molecule has 0 aliphatic rings. The average molecular weight is 289 g/mol. The van der Waals surface area contributed by atoms with Gasteiger partial charge in [-0.2, -0.15) is 13.2 Å². The van der Waals surface area contributed by atoms with Crippen molar-refractivity contribution in [1.82, 2.24) is 4.90 Å². The third-order valence-electron chi connectivity index (χ3n) is 3.28. The lowest BCUT2D eigenvalue weighted by Gasteiger charge is -2.20. The summed E-state index contributed by atoms with van der Waals surface area (Å²) in [5, 5.41) is 10.1. The molecule has 0 aliphatic heterocycles. The number of rotatable bonds is 3. The molecule has 112 valence electrons. The Labute approximate surface area is 116 Å². The van der Waals surface area contributed by atoms with Gasteiger partial charge in [0.25, 0.3) is 5.91 Å². The molecule has 0 radical (unpaired) electrons. The van der Waals surface area contributed by atoms with Crippen LogP contribution in [0.5, 0.6) is 5.75 Å². The van der Waals surface area contributed by atoms with Crippen molar-refractivity contribution in [1.29, 1.82) is 0 Å². The highest BCUT2D eigenvalue weighted by molar-refractivity contribution is 5.98. The highest BCUT2D eigenvalue weighted by Gasteiger charge is 2.38. The number of phenols is 1. The Balaban J connectivity index is 3.59. The van der Waals surface area contributed by atoms with E-state index in [1.807, 2.05) is 6.92 Å². The van der Waals surface area contributed by atoms with Crippen LogP contribution in [-0.4, -0.2) is 30.0 Å². The molecule has 1 N–H and O–H groups in total. The summed E-state index contributed by atoms with van der Waals surface area (Å²) in [5.74, 6) is -1.57. The molecule has 1 amide bonds. The van der Waals surface area contributed by atoms with Crippen LogP contribution in [0, 0.1) is 0 Å². The van der Waals surface area contributed by atoms with Crippen molar-refractivity contribution in [2.75, 3.05) is 14.1 Å². The van der Waals surface area contributed by atoms with E-state index in [0.717, 1.165) is 11.0 Å². The first-order valence-electron chi connectivity index (χ1n) is 6.25. The van der Waals surface area contributed by atoms with Crippen molar-refractivity contribution in [2.45, 2.75) is 32.4 Å². The summed E-state index contributed by atoms with van der Waals surface area (Å²) in [6.45, 7) is 3.64. The Morgan fingerprint density at radius 3 is 2.30 bits per heavy atom. The van der Waals surface area contributed by atoms with Crippen molar-refractivity contribution >= 4 is 5.91 Å². The molecule has 20 heavy (non-hydrogen) atoms. The van der Waals surface area contributed by atoms with Gasteiger partial charge < -0.3 is 10.0 Å². The topological polar surface area (TPSA) is 40.5 Å². The zero-order valence-corrected chi connectivity index (χ0v) is 11.9. The number of alkyl halides is 3. The maximum absolute atomic E-state index is 13.0. The Kier molecular flexibility index (Phi) is 4.68. The van der Waals surface area contributed by atoms with Crippen LogP contribution in [-0.2, 0) is 6.18 Å². The summed E-state index contributed by atoms with van der Waals surface area (Å²) in [4.78, 5) is 13.0. The third kappa shape index (κ3) is 3.05. The van der Waals surface area contributed by atoms with E-state index in [1.165, 1.54) is 20.2 Å². The Hall–Kier alpha value is -1.72. The molecule has 1 aromatic rings. The van der Waals surface area contributed by atoms with E-state index in [0.29, 0.717) is 12.0 Å². The SMILES string of the molecule is CCC(C)c1ccc(C(F)(F)F)c(C(=O)N(C)C)c1O. The van der Waals surface area contributed by atoms with Crippen LogP contribution < -0.4 is 0 Å². The number of nitrogens with zero attached hydrogens (tertiary/aromatic N) is 1. The number of hydrogen-bond acceptors (Lipinski definition) is 2. The van der Waals surface area contributed by atoms with Gasteiger partial charge in [-0.1, -0.05) is 19.9 Å². The van der Waals surface area contributed by atoms with Crippen molar-refractivity contribution < 1.29 is 23.1 Å². The standard InChI is InChI=1S/C14H18F3NO2/c1-5-8(2)9-6-7-10(14(15,16)17)11(12(9)19)13(20)18(3)4/h6-8,19H,5H2,1-4H3. The van der Waals surface area contributed by atoms with Gasteiger partial charge in [0.15, 0.2) is 0 Å². The number of hydrogen-bond donors (Lipinski definition) is 1. The summed E-state index contributed by atoms with van der Waals surface area (Å²) in [7, 11) is 2.69. The molecule has 0 aliphatic carbocycles. The molecule has 1 aromatic carbocycles. The van der Waals surface area contributed by atoms with Crippen molar-refractivity contribution in [2.24, 2.45) is 0 Å². The molecule has 1 atom stereocenters. The molecule has 0 saturated carbocycles. The van der Waals surface area contributed by atoms with Gasteiger partial charge in [0.2, 0.25) is 0 Å². The van der Waals surface area contributed by atoms with Crippen molar-refractivity contribution in [3.05, 3.63) is 28.8 Å². The molecule has 1 rings (SSSR count). The number of amides is 1. The predicted octanol–water partition coefficient (Wildman–Crippen LogP) is 3.63. The summed E-state index contributed by atoms with van der Waals surface area (Å²) < 4.78 is 39.0. The Morgan fingerprint density at radius 2 is 1.90 bits per heavy atom. The zero-order chi connectivity index (χ0) is 15.7. The number of phenolic OH excluding ortho intramolecular Hbond substituents is 1. The molecule has 0 fully saturated rings. The maximum Gasteiger partial charge on any atom is 0.417 e. The first kappa shape index (κ1) is 16.3.